The molecule has 7 rings (SSSR count). The first-order valence-electron chi connectivity index (χ1n) is 21.6. The maximum Gasteiger partial charge on any atom is 0.409 e. The van der Waals surface area contributed by atoms with E-state index in [-0.39, 0.29) is 55.1 Å². The molecule has 4 amide bonds. The van der Waals surface area contributed by atoms with E-state index in [4.69, 9.17) is 35.6 Å². The van der Waals surface area contributed by atoms with Gasteiger partial charge in [-0.25, -0.2) is 19.7 Å². The number of ether oxygens (including phenoxy) is 3. The van der Waals surface area contributed by atoms with Crippen molar-refractivity contribution in [1.82, 2.24) is 43.7 Å². The Balaban J connectivity index is 1.22. The number of primary amides is 2. The summed E-state index contributed by atoms with van der Waals surface area (Å²) in [5.74, 6) is -0.585. The van der Waals surface area contributed by atoms with E-state index in [0.29, 0.717) is 108 Å². The van der Waals surface area contributed by atoms with Crippen LogP contribution < -0.4 is 26.3 Å². The Kier molecular flexibility index (Phi) is 14.5. The molecule has 2 aromatic carbocycles. The van der Waals surface area contributed by atoms with E-state index in [1.54, 1.807) is 51.4 Å². The maximum atomic E-state index is 13.9. The third-order valence-electron chi connectivity index (χ3n) is 11.3. The van der Waals surface area contributed by atoms with Gasteiger partial charge in [-0.15, -0.1) is 11.3 Å². The number of nitrogens with one attached hydrogen (secondary N) is 1. The van der Waals surface area contributed by atoms with E-state index in [9.17, 15) is 24.0 Å². The van der Waals surface area contributed by atoms with Gasteiger partial charge in [0.25, 0.3) is 5.91 Å². The normalized spacial score (nSPS) is 13.2. The fourth-order valence-corrected chi connectivity index (χ4v) is 9.01. The van der Waals surface area contributed by atoms with Gasteiger partial charge in [-0.2, -0.15) is 5.10 Å². The second kappa shape index (κ2) is 20.4. The van der Waals surface area contributed by atoms with Crippen LogP contribution in [0.4, 0.5) is 10.7 Å². The van der Waals surface area contributed by atoms with E-state index < -0.39 is 17.7 Å². The Morgan fingerprint density at radius 2 is 1.48 bits per heavy atom. The summed E-state index contributed by atoms with van der Waals surface area (Å²) in [6.45, 7) is 11.8. The van der Waals surface area contributed by atoms with Gasteiger partial charge in [-0.3, -0.25) is 34.1 Å². The van der Waals surface area contributed by atoms with Crippen LogP contribution in [0.1, 0.15) is 83.4 Å². The van der Waals surface area contributed by atoms with Crippen LogP contribution in [0.5, 0.6) is 11.5 Å². The van der Waals surface area contributed by atoms with Crippen LogP contribution in [0, 0.1) is 13.8 Å². The van der Waals surface area contributed by atoms with Gasteiger partial charge >= 0.3 is 6.09 Å². The molecule has 21 heteroatoms. The van der Waals surface area contributed by atoms with Crippen LogP contribution in [0.15, 0.2) is 42.5 Å². The van der Waals surface area contributed by atoms with Crippen molar-refractivity contribution >= 4 is 68.9 Å². The van der Waals surface area contributed by atoms with Crippen LogP contribution in [-0.4, -0.2) is 127 Å². The molecule has 0 bridgehead atoms. The zero-order chi connectivity index (χ0) is 47.2. The third-order valence-corrected chi connectivity index (χ3v) is 12.3. The van der Waals surface area contributed by atoms with Crippen molar-refractivity contribution in [3.05, 3.63) is 86.4 Å². The molecule has 0 spiro atoms. The fourth-order valence-electron chi connectivity index (χ4n) is 8.06. The number of amides is 4. The number of imidazole rings is 2. The number of Topliss-reactive ketones (excluding diaryl/α,β-unsaturated/α-hetero) is 1. The number of rotatable bonds is 19. The molecule has 0 atom stereocenters. The highest BCUT2D eigenvalue weighted by atomic mass is 32.1. The number of ketones is 1. The molecule has 4 aromatic heterocycles. The summed E-state index contributed by atoms with van der Waals surface area (Å²) in [4.78, 5) is 83.2. The Hall–Kier alpha value is -7.13. The summed E-state index contributed by atoms with van der Waals surface area (Å²) >= 11 is 1.34. The topological polar surface area (TPSA) is 250 Å². The number of allylic oxidation sites excluding steroid dienone is 2. The van der Waals surface area contributed by atoms with Crippen molar-refractivity contribution in [2.24, 2.45) is 11.5 Å². The molecule has 5 heterocycles. The largest absolute Gasteiger partial charge is 0.494 e. The molecule has 6 aromatic rings. The molecule has 0 aliphatic carbocycles. The van der Waals surface area contributed by atoms with Crippen LogP contribution >= 0.6 is 11.3 Å². The molecule has 0 unspecified atom stereocenters. The maximum absolute atomic E-state index is 13.9. The number of fused-ring (bicyclic) bond motifs is 2. The number of nitrogens with two attached hydrogens (primary N) is 2. The molecule has 66 heavy (non-hydrogen) atoms. The minimum atomic E-state index is -0.677. The molecular formula is C45H54N12O8S. The van der Waals surface area contributed by atoms with Crippen LogP contribution in [0.3, 0.4) is 0 Å². The van der Waals surface area contributed by atoms with Crippen molar-refractivity contribution < 1.29 is 38.2 Å². The van der Waals surface area contributed by atoms with Crippen LogP contribution in [0.25, 0.3) is 22.1 Å². The molecule has 0 saturated carbocycles. The summed E-state index contributed by atoms with van der Waals surface area (Å²) < 4.78 is 22.3. The van der Waals surface area contributed by atoms with Gasteiger partial charge in [-0.05, 0) is 63.9 Å². The van der Waals surface area contributed by atoms with E-state index in [2.05, 4.69) is 20.3 Å². The lowest BCUT2D eigenvalue weighted by atomic mass is 10.1. The van der Waals surface area contributed by atoms with Gasteiger partial charge < -0.3 is 39.7 Å². The van der Waals surface area contributed by atoms with E-state index >= 15 is 0 Å². The van der Waals surface area contributed by atoms with Crippen molar-refractivity contribution in [1.29, 1.82) is 0 Å². The lowest BCUT2D eigenvalue weighted by Crippen LogP contribution is -2.48. The number of benzene rings is 2. The average Bonchev–Trinajstić information content (AvgIpc) is 4.07. The molecule has 1 saturated heterocycles. The van der Waals surface area contributed by atoms with E-state index in [1.165, 1.54) is 25.6 Å². The highest BCUT2D eigenvalue weighted by Gasteiger charge is 2.25. The van der Waals surface area contributed by atoms with E-state index in [0.717, 1.165) is 10.7 Å². The fraction of sp³-hybridized carbons (Fsp3) is 0.400. The minimum absolute atomic E-state index is 0.0467. The molecule has 1 fully saturated rings. The van der Waals surface area contributed by atoms with Gasteiger partial charge in [0.1, 0.15) is 34.1 Å². The van der Waals surface area contributed by atoms with Gasteiger partial charge in [0.05, 0.1) is 59.6 Å². The van der Waals surface area contributed by atoms with Gasteiger partial charge in [0.2, 0.25) is 17.8 Å². The van der Waals surface area contributed by atoms with Crippen molar-refractivity contribution in [3.8, 4) is 11.5 Å². The predicted molar refractivity (Wildman–Crippen MR) is 248 cm³/mol. The number of carbonyl (C=O) groups is 5. The Labute approximate surface area is 384 Å². The summed E-state index contributed by atoms with van der Waals surface area (Å²) in [5, 5.41) is 8.19. The summed E-state index contributed by atoms with van der Waals surface area (Å²) in [5.41, 5.74) is 15.5. The van der Waals surface area contributed by atoms with Crippen molar-refractivity contribution in [3.63, 3.8) is 0 Å². The number of methoxy groups -OCH3 is 2. The Morgan fingerprint density at radius 3 is 2.12 bits per heavy atom. The molecular weight excluding hydrogens is 869 g/mol. The number of aryl methyl sites for hydroxylation is 4. The molecule has 20 nitrogen and oxygen atoms in total. The smallest absolute Gasteiger partial charge is 0.409 e. The van der Waals surface area contributed by atoms with Gasteiger partial charge in [0, 0.05) is 63.5 Å². The molecule has 1 aliphatic rings. The number of nitrogens with zero attached hydrogens (tertiary/aromatic N) is 9. The van der Waals surface area contributed by atoms with Crippen molar-refractivity contribution in [2.45, 2.75) is 66.6 Å². The Morgan fingerprint density at radius 1 is 0.833 bits per heavy atom. The highest BCUT2D eigenvalue weighted by Crippen LogP contribution is 2.33. The lowest BCUT2D eigenvalue weighted by molar-refractivity contribution is 0.0891. The van der Waals surface area contributed by atoms with Crippen molar-refractivity contribution in [2.75, 3.05) is 58.9 Å². The lowest BCUT2D eigenvalue weighted by Gasteiger charge is -2.33. The monoisotopic (exact) mass is 922 g/mol. The number of thiazole rings is 1. The standard InChI is InChI=1S/C45H54N12O8S/c1-7-30-40(66-27(4)48-30)34(58)25-37-49-31-21-28(41(46)59)23-35(63-5)38(31)55(37)13-9-10-14-56-39-32(50-44(56)51-43(61)33-20-26(3)52-57(33)8-2)22-29(42(47)60)24-36(39)65-19-11-12-53-15-17-54(18-16-53)45(62)64-6/h9-10,20-24H,7-8,11-19,25H2,1-6H3,(H2,46,59)(H2,47,60)(H,50,51,61)/b10-9+. The SMILES string of the molecule is CCc1nc(C)sc1C(=O)Cc1nc2cc(C(N)=O)cc(OC)c2n1C/C=C/Cn1c(NC(=O)c2cc(C)nn2CC)nc2cc(C(N)=O)cc(OCCCN3CCN(C(=O)OC)CC3)c21. The number of hydrogen-bond donors (Lipinski definition) is 3. The molecule has 348 valence electrons. The minimum Gasteiger partial charge on any atom is -0.494 e. The van der Waals surface area contributed by atoms with Crippen LogP contribution in [0.2, 0.25) is 0 Å². The van der Waals surface area contributed by atoms with E-state index in [1.807, 2.05) is 37.5 Å². The van der Waals surface area contributed by atoms with Gasteiger partial charge in [0.15, 0.2) is 5.78 Å². The Bertz CT molecular complexity index is 2850. The molecule has 1 aliphatic heterocycles. The number of aromatic nitrogens is 7. The number of piperazine rings is 1. The first-order chi connectivity index (χ1) is 31.7. The quantitative estimate of drug-likeness (QED) is 0.0575. The summed E-state index contributed by atoms with van der Waals surface area (Å²) in [6.07, 6.45) is 4.60. The first-order valence-corrected chi connectivity index (χ1v) is 22.4. The summed E-state index contributed by atoms with van der Waals surface area (Å²) in [7, 11) is 2.86. The number of anilines is 1. The second-order valence-electron chi connectivity index (χ2n) is 15.7. The zero-order valence-electron chi connectivity index (χ0n) is 37.9. The molecule has 0 radical (unpaired) electrons. The highest BCUT2D eigenvalue weighted by molar-refractivity contribution is 7.13. The number of hydrogen-bond acceptors (Lipinski definition) is 14. The van der Waals surface area contributed by atoms with Gasteiger partial charge in [-0.1, -0.05) is 19.1 Å². The van der Waals surface area contributed by atoms with Crippen LogP contribution in [-0.2, 0) is 37.2 Å². The average molecular weight is 923 g/mol. The summed E-state index contributed by atoms with van der Waals surface area (Å²) in [6, 6.07) is 7.95. The predicted octanol–water partition coefficient (Wildman–Crippen LogP) is 4.53. The first kappa shape index (κ1) is 46.9. The second-order valence-corrected chi connectivity index (χ2v) is 16.9. The zero-order valence-corrected chi connectivity index (χ0v) is 38.7. The number of carbonyl (C=O) groups excluding carboxylic acids is 5. The molecule has 5 N–H and O–H groups in total. The third kappa shape index (κ3) is 10.1.